The lowest BCUT2D eigenvalue weighted by Gasteiger charge is -2.25. The van der Waals surface area contributed by atoms with Gasteiger partial charge in [-0.25, -0.2) is 0 Å². The van der Waals surface area contributed by atoms with Crippen molar-refractivity contribution in [3.8, 4) is 0 Å². The summed E-state index contributed by atoms with van der Waals surface area (Å²) < 4.78 is 0. The molecule has 0 atom stereocenters. The summed E-state index contributed by atoms with van der Waals surface area (Å²) in [6.07, 6.45) is 3.82. The SMILES string of the molecule is NC(CNCC1CCC(O)CC1)=NO. The van der Waals surface area contributed by atoms with E-state index in [1.165, 1.54) is 0 Å². The van der Waals surface area contributed by atoms with Crippen molar-refractivity contribution in [2.24, 2.45) is 16.8 Å². The van der Waals surface area contributed by atoms with Gasteiger partial charge in [0.25, 0.3) is 0 Å². The molecule has 5 N–H and O–H groups in total. The normalized spacial score (nSPS) is 29.1. The Hall–Kier alpha value is -0.810. The third kappa shape index (κ3) is 3.93. The van der Waals surface area contributed by atoms with Crippen LogP contribution in [0.2, 0.25) is 0 Å². The molecular weight excluding hydrogens is 182 g/mol. The maximum atomic E-state index is 9.29. The molecule has 0 radical (unpaired) electrons. The number of rotatable bonds is 4. The summed E-state index contributed by atoms with van der Waals surface area (Å²) in [6.45, 7) is 1.30. The summed E-state index contributed by atoms with van der Waals surface area (Å²) in [5.41, 5.74) is 5.31. The van der Waals surface area contributed by atoms with Crippen LogP contribution in [0, 0.1) is 5.92 Å². The van der Waals surface area contributed by atoms with Gasteiger partial charge < -0.3 is 21.4 Å². The average molecular weight is 201 g/mol. The van der Waals surface area contributed by atoms with Crippen LogP contribution in [-0.4, -0.2) is 35.3 Å². The zero-order chi connectivity index (χ0) is 10.4. The second kappa shape index (κ2) is 5.82. The third-order valence-electron chi connectivity index (χ3n) is 2.68. The topological polar surface area (TPSA) is 90.9 Å². The molecule has 0 heterocycles. The monoisotopic (exact) mass is 201 g/mol. The summed E-state index contributed by atoms with van der Waals surface area (Å²) in [5, 5.41) is 23.6. The van der Waals surface area contributed by atoms with Crippen LogP contribution in [0.25, 0.3) is 0 Å². The fourth-order valence-corrected chi connectivity index (χ4v) is 1.79. The van der Waals surface area contributed by atoms with E-state index in [0.717, 1.165) is 32.2 Å². The molecule has 0 aliphatic heterocycles. The largest absolute Gasteiger partial charge is 0.409 e. The van der Waals surface area contributed by atoms with Gasteiger partial charge in [-0.15, -0.1) is 0 Å². The summed E-state index contributed by atoms with van der Waals surface area (Å²) in [7, 11) is 0. The number of oxime groups is 1. The molecule has 0 aromatic carbocycles. The van der Waals surface area contributed by atoms with E-state index < -0.39 is 0 Å². The van der Waals surface area contributed by atoms with Gasteiger partial charge in [0.1, 0.15) is 0 Å². The van der Waals surface area contributed by atoms with E-state index in [9.17, 15) is 5.11 Å². The number of hydrogen-bond donors (Lipinski definition) is 4. The minimum atomic E-state index is -0.102. The molecule has 0 bridgehead atoms. The zero-order valence-electron chi connectivity index (χ0n) is 8.32. The number of aliphatic hydroxyl groups is 1. The van der Waals surface area contributed by atoms with Crippen LogP contribution in [0.15, 0.2) is 5.16 Å². The van der Waals surface area contributed by atoms with Crippen molar-refractivity contribution in [1.29, 1.82) is 0 Å². The fraction of sp³-hybridized carbons (Fsp3) is 0.889. The van der Waals surface area contributed by atoms with Crippen molar-refractivity contribution >= 4 is 5.84 Å². The van der Waals surface area contributed by atoms with E-state index in [2.05, 4.69) is 10.5 Å². The van der Waals surface area contributed by atoms with Crippen LogP contribution in [-0.2, 0) is 0 Å². The van der Waals surface area contributed by atoms with E-state index >= 15 is 0 Å². The zero-order valence-corrected chi connectivity index (χ0v) is 8.32. The Morgan fingerprint density at radius 1 is 1.36 bits per heavy atom. The Kier molecular flexibility index (Phi) is 4.69. The lowest BCUT2D eigenvalue weighted by atomic mass is 9.87. The first-order valence-electron chi connectivity index (χ1n) is 5.07. The van der Waals surface area contributed by atoms with Gasteiger partial charge >= 0.3 is 0 Å². The van der Waals surface area contributed by atoms with Crippen molar-refractivity contribution in [1.82, 2.24) is 5.32 Å². The first-order chi connectivity index (χ1) is 6.72. The maximum absolute atomic E-state index is 9.29. The number of aliphatic hydroxyl groups excluding tert-OH is 1. The van der Waals surface area contributed by atoms with E-state index in [4.69, 9.17) is 10.9 Å². The lowest BCUT2D eigenvalue weighted by Crippen LogP contribution is -2.34. The first-order valence-corrected chi connectivity index (χ1v) is 5.07. The number of hydrogen-bond acceptors (Lipinski definition) is 4. The lowest BCUT2D eigenvalue weighted by molar-refractivity contribution is 0.108. The Morgan fingerprint density at radius 2 is 2.00 bits per heavy atom. The average Bonchev–Trinajstić information content (AvgIpc) is 2.21. The third-order valence-corrected chi connectivity index (χ3v) is 2.68. The van der Waals surface area contributed by atoms with E-state index in [1.54, 1.807) is 0 Å². The molecule has 5 nitrogen and oxygen atoms in total. The van der Waals surface area contributed by atoms with Crippen molar-refractivity contribution < 1.29 is 10.3 Å². The Labute approximate surface area is 84.0 Å². The number of nitrogens with two attached hydrogens (primary N) is 1. The van der Waals surface area contributed by atoms with Crippen LogP contribution < -0.4 is 11.1 Å². The van der Waals surface area contributed by atoms with Gasteiger partial charge in [0, 0.05) is 0 Å². The highest BCUT2D eigenvalue weighted by atomic mass is 16.4. The molecule has 1 fully saturated rings. The molecule has 0 aromatic rings. The molecule has 14 heavy (non-hydrogen) atoms. The highest BCUT2D eigenvalue weighted by Crippen LogP contribution is 2.23. The first kappa shape index (κ1) is 11.3. The Bertz CT molecular complexity index is 188. The molecule has 82 valence electrons. The quantitative estimate of drug-likeness (QED) is 0.221. The van der Waals surface area contributed by atoms with Crippen molar-refractivity contribution in [2.45, 2.75) is 31.8 Å². The summed E-state index contributed by atoms with van der Waals surface area (Å²) in [5.74, 6) is 0.825. The number of nitrogens with zero attached hydrogens (tertiary/aromatic N) is 1. The second-order valence-electron chi connectivity index (χ2n) is 3.90. The minimum absolute atomic E-state index is 0.102. The van der Waals surface area contributed by atoms with E-state index in [1.807, 2.05) is 0 Å². The molecule has 1 saturated carbocycles. The van der Waals surface area contributed by atoms with Gasteiger partial charge in [-0.05, 0) is 38.1 Å². The van der Waals surface area contributed by atoms with Gasteiger partial charge in [0.15, 0.2) is 5.84 Å². The summed E-state index contributed by atoms with van der Waals surface area (Å²) in [6, 6.07) is 0. The van der Waals surface area contributed by atoms with Crippen LogP contribution in [0.4, 0.5) is 0 Å². The molecule has 0 amide bonds. The van der Waals surface area contributed by atoms with Crippen molar-refractivity contribution in [3.63, 3.8) is 0 Å². The van der Waals surface area contributed by atoms with Crippen molar-refractivity contribution in [3.05, 3.63) is 0 Å². The molecule has 5 heteroatoms. The maximum Gasteiger partial charge on any atom is 0.153 e. The predicted octanol–water partition coefficient (Wildman–Crippen LogP) is -0.127. The van der Waals surface area contributed by atoms with Crippen LogP contribution in [0.5, 0.6) is 0 Å². The molecule has 1 rings (SSSR count). The van der Waals surface area contributed by atoms with Crippen LogP contribution in [0.1, 0.15) is 25.7 Å². The van der Waals surface area contributed by atoms with Crippen LogP contribution in [0.3, 0.4) is 0 Å². The fourth-order valence-electron chi connectivity index (χ4n) is 1.79. The predicted molar refractivity (Wildman–Crippen MR) is 54.2 cm³/mol. The number of amidine groups is 1. The molecule has 0 spiro atoms. The van der Waals surface area contributed by atoms with Gasteiger partial charge in [-0.3, -0.25) is 0 Å². The second-order valence-corrected chi connectivity index (χ2v) is 3.90. The van der Waals surface area contributed by atoms with Gasteiger partial charge in [-0.1, -0.05) is 5.16 Å². The highest BCUT2D eigenvalue weighted by molar-refractivity contribution is 5.81. The van der Waals surface area contributed by atoms with Gasteiger partial charge in [0.05, 0.1) is 12.6 Å². The number of nitrogens with one attached hydrogen (secondary N) is 1. The summed E-state index contributed by atoms with van der Waals surface area (Å²) >= 11 is 0. The Morgan fingerprint density at radius 3 is 2.57 bits per heavy atom. The molecule has 0 unspecified atom stereocenters. The summed E-state index contributed by atoms with van der Waals surface area (Å²) in [4.78, 5) is 0. The molecule has 1 aliphatic rings. The van der Waals surface area contributed by atoms with Crippen LogP contribution >= 0.6 is 0 Å². The van der Waals surface area contributed by atoms with Gasteiger partial charge in [-0.2, -0.15) is 0 Å². The van der Waals surface area contributed by atoms with E-state index in [0.29, 0.717) is 12.5 Å². The van der Waals surface area contributed by atoms with E-state index in [-0.39, 0.29) is 11.9 Å². The smallest absolute Gasteiger partial charge is 0.153 e. The highest BCUT2D eigenvalue weighted by Gasteiger charge is 2.18. The molecule has 1 aliphatic carbocycles. The molecule has 0 saturated heterocycles. The Balaban J connectivity index is 2.07. The van der Waals surface area contributed by atoms with Crippen molar-refractivity contribution in [2.75, 3.05) is 13.1 Å². The molecule has 0 aromatic heterocycles. The molecular formula is C9H19N3O2. The minimum Gasteiger partial charge on any atom is -0.409 e. The van der Waals surface area contributed by atoms with Gasteiger partial charge in [0.2, 0.25) is 0 Å². The standard InChI is InChI=1S/C9H19N3O2/c10-9(12-14)6-11-5-7-1-3-8(13)4-2-7/h7-8,11,13-14H,1-6H2,(H2,10,12).